The van der Waals surface area contributed by atoms with Crippen LogP contribution >= 0.6 is 0 Å². The summed E-state index contributed by atoms with van der Waals surface area (Å²) in [5, 5.41) is 5.59. The van der Waals surface area contributed by atoms with Gasteiger partial charge in [-0.3, -0.25) is 9.59 Å². The molecule has 2 unspecified atom stereocenters. The van der Waals surface area contributed by atoms with Crippen molar-refractivity contribution in [3.63, 3.8) is 0 Å². The third-order valence-corrected chi connectivity index (χ3v) is 3.92. The van der Waals surface area contributed by atoms with Gasteiger partial charge in [-0.05, 0) is 43.7 Å². The van der Waals surface area contributed by atoms with E-state index >= 15 is 0 Å². The number of halogens is 1. The molecule has 2 amide bonds. The minimum Gasteiger partial charge on any atom is -0.352 e. The Morgan fingerprint density at radius 3 is 2.17 bits per heavy atom. The van der Waals surface area contributed by atoms with Crippen LogP contribution in [0.1, 0.15) is 57.8 Å². The van der Waals surface area contributed by atoms with E-state index in [1.807, 2.05) is 20.8 Å². The lowest BCUT2D eigenvalue weighted by atomic mass is 10.0. The summed E-state index contributed by atoms with van der Waals surface area (Å²) >= 11 is 0. The zero-order valence-electron chi connectivity index (χ0n) is 15.2. The maximum Gasteiger partial charge on any atom is 0.254 e. The van der Waals surface area contributed by atoms with E-state index in [1.165, 1.54) is 18.2 Å². The summed E-state index contributed by atoms with van der Waals surface area (Å²) < 4.78 is 13.7. The SMILES string of the molecule is CC(C)CCC(C)NC(=O)C(NC(=O)c1ccccc1F)C(C)C. The molecule has 0 saturated heterocycles. The first-order chi connectivity index (χ1) is 11.2. The van der Waals surface area contributed by atoms with Crippen molar-refractivity contribution >= 4 is 11.8 Å². The number of carbonyl (C=O) groups is 2. The molecule has 24 heavy (non-hydrogen) atoms. The van der Waals surface area contributed by atoms with Gasteiger partial charge in [0.05, 0.1) is 5.56 Å². The van der Waals surface area contributed by atoms with Crippen LogP contribution in [0.4, 0.5) is 4.39 Å². The average molecular weight is 336 g/mol. The molecule has 0 aromatic heterocycles. The summed E-state index contributed by atoms with van der Waals surface area (Å²) in [6, 6.07) is 5.09. The molecule has 1 aromatic carbocycles. The van der Waals surface area contributed by atoms with E-state index in [2.05, 4.69) is 24.5 Å². The third kappa shape index (κ3) is 6.30. The first kappa shape index (κ1) is 20.1. The Morgan fingerprint density at radius 2 is 1.62 bits per heavy atom. The minimum atomic E-state index is -0.696. The minimum absolute atomic E-state index is 0.0338. The Morgan fingerprint density at radius 1 is 1.00 bits per heavy atom. The molecule has 2 atom stereocenters. The summed E-state index contributed by atoms with van der Waals surface area (Å²) in [5.41, 5.74) is -0.0520. The Kier molecular flexibility index (Phi) is 7.89. The number of rotatable bonds is 8. The highest BCUT2D eigenvalue weighted by atomic mass is 19.1. The van der Waals surface area contributed by atoms with Gasteiger partial charge in [0.2, 0.25) is 5.91 Å². The summed E-state index contributed by atoms with van der Waals surface area (Å²) in [5.74, 6) is -0.921. The fraction of sp³-hybridized carbons (Fsp3) is 0.579. The van der Waals surface area contributed by atoms with Crippen molar-refractivity contribution in [1.29, 1.82) is 0 Å². The lowest BCUT2D eigenvalue weighted by molar-refractivity contribution is -0.124. The van der Waals surface area contributed by atoms with Crippen LogP contribution in [0.3, 0.4) is 0 Å². The maximum atomic E-state index is 13.7. The number of hydrogen-bond donors (Lipinski definition) is 2. The highest BCUT2D eigenvalue weighted by Crippen LogP contribution is 2.10. The summed E-state index contributed by atoms with van der Waals surface area (Å²) in [7, 11) is 0. The Balaban J connectivity index is 2.71. The number of amides is 2. The number of carbonyl (C=O) groups excluding carboxylic acids is 2. The third-order valence-electron chi connectivity index (χ3n) is 3.92. The van der Waals surface area contributed by atoms with Crippen LogP contribution in [0.25, 0.3) is 0 Å². The van der Waals surface area contributed by atoms with Gasteiger partial charge in [-0.2, -0.15) is 0 Å². The van der Waals surface area contributed by atoms with Gasteiger partial charge in [0.15, 0.2) is 0 Å². The zero-order valence-corrected chi connectivity index (χ0v) is 15.2. The quantitative estimate of drug-likeness (QED) is 0.763. The van der Waals surface area contributed by atoms with E-state index in [4.69, 9.17) is 0 Å². The second-order valence-corrected chi connectivity index (χ2v) is 7.06. The Hall–Kier alpha value is -1.91. The number of nitrogens with one attached hydrogen (secondary N) is 2. The molecule has 4 nitrogen and oxygen atoms in total. The van der Waals surface area contributed by atoms with E-state index in [9.17, 15) is 14.0 Å². The highest BCUT2D eigenvalue weighted by Gasteiger charge is 2.26. The highest BCUT2D eigenvalue weighted by molar-refractivity contribution is 5.97. The van der Waals surface area contributed by atoms with Gasteiger partial charge in [0.25, 0.3) is 5.91 Å². The normalized spacial score (nSPS) is 13.7. The smallest absolute Gasteiger partial charge is 0.254 e. The predicted molar refractivity (Wildman–Crippen MR) is 94.2 cm³/mol. The maximum absolute atomic E-state index is 13.7. The van der Waals surface area contributed by atoms with E-state index in [1.54, 1.807) is 6.07 Å². The van der Waals surface area contributed by atoms with Crippen LogP contribution < -0.4 is 10.6 Å². The molecular weight excluding hydrogens is 307 g/mol. The van der Waals surface area contributed by atoms with Crippen LogP contribution in [-0.4, -0.2) is 23.9 Å². The van der Waals surface area contributed by atoms with Gasteiger partial charge in [0, 0.05) is 6.04 Å². The number of benzene rings is 1. The molecule has 0 aliphatic carbocycles. The van der Waals surface area contributed by atoms with Gasteiger partial charge in [-0.25, -0.2) is 4.39 Å². The summed E-state index contributed by atoms with van der Waals surface area (Å²) in [6.07, 6.45) is 1.91. The molecule has 0 spiro atoms. The molecule has 0 aliphatic heterocycles. The lowest BCUT2D eigenvalue weighted by Gasteiger charge is -2.24. The molecule has 5 heteroatoms. The summed E-state index contributed by atoms with van der Waals surface area (Å²) in [4.78, 5) is 24.7. The topological polar surface area (TPSA) is 58.2 Å². The van der Waals surface area contributed by atoms with Gasteiger partial charge < -0.3 is 10.6 Å². The molecule has 1 rings (SSSR count). The first-order valence-electron chi connectivity index (χ1n) is 8.58. The van der Waals surface area contributed by atoms with Crippen molar-refractivity contribution in [3.05, 3.63) is 35.6 Å². The van der Waals surface area contributed by atoms with Crippen molar-refractivity contribution in [3.8, 4) is 0 Å². The van der Waals surface area contributed by atoms with Crippen LogP contribution in [0, 0.1) is 17.7 Å². The zero-order chi connectivity index (χ0) is 18.3. The molecule has 0 heterocycles. The van der Waals surface area contributed by atoms with Gasteiger partial charge >= 0.3 is 0 Å². The van der Waals surface area contributed by atoms with Gasteiger partial charge in [0.1, 0.15) is 11.9 Å². The monoisotopic (exact) mass is 336 g/mol. The molecule has 2 N–H and O–H groups in total. The van der Waals surface area contributed by atoms with Crippen LogP contribution in [0.5, 0.6) is 0 Å². The molecular formula is C19H29FN2O2. The lowest BCUT2D eigenvalue weighted by Crippen LogP contribution is -2.51. The molecule has 0 bridgehead atoms. The largest absolute Gasteiger partial charge is 0.352 e. The van der Waals surface area contributed by atoms with E-state index < -0.39 is 17.8 Å². The van der Waals surface area contributed by atoms with Crippen molar-refractivity contribution in [2.45, 2.75) is 59.5 Å². The fourth-order valence-electron chi connectivity index (χ4n) is 2.39. The Bertz CT molecular complexity index is 558. The van der Waals surface area contributed by atoms with E-state index in [0.717, 1.165) is 12.8 Å². The molecule has 0 fully saturated rings. The van der Waals surface area contributed by atoms with Gasteiger partial charge in [-0.1, -0.05) is 39.8 Å². The van der Waals surface area contributed by atoms with Crippen molar-refractivity contribution in [2.75, 3.05) is 0 Å². The fourth-order valence-corrected chi connectivity index (χ4v) is 2.39. The Labute approximate surface area is 144 Å². The van der Waals surface area contributed by atoms with E-state index in [0.29, 0.717) is 5.92 Å². The standard InChI is InChI=1S/C19H29FN2O2/c1-12(2)10-11-14(5)21-19(24)17(13(3)4)22-18(23)15-8-6-7-9-16(15)20/h6-9,12-14,17H,10-11H2,1-5H3,(H,21,24)(H,22,23). The van der Waals surface area contributed by atoms with Crippen molar-refractivity contribution in [1.82, 2.24) is 10.6 Å². The molecule has 0 saturated carbocycles. The van der Waals surface area contributed by atoms with Crippen LogP contribution in [-0.2, 0) is 4.79 Å². The first-order valence-corrected chi connectivity index (χ1v) is 8.58. The van der Waals surface area contributed by atoms with Gasteiger partial charge in [-0.15, -0.1) is 0 Å². The molecule has 1 aromatic rings. The van der Waals surface area contributed by atoms with Crippen molar-refractivity contribution in [2.24, 2.45) is 11.8 Å². The predicted octanol–water partition coefficient (Wildman–Crippen LogP) is 3.52. The van der Waals surface area contributed by atoms with Crippen LogP contribution in [0.2, 0.25) is 0 Å². The van der Waals surface area contributed by atoms with Crippen LogP contribution in [0.15, 0.2) is 24.3 Å². The summed E-state index contributed by atoms with van der Waals surface area (Å²) in [6.45, 7) is 9.94. The van der Waals surface area contributed by atoms with Crippen molar-refractivity contribution < 1.29 is 14.0 Å². The molecule has 0 radical (unpaired) electrons. The molecule has 134 valence electrons. The second kappa shape index (κ2) is 9.40. The molecule has 0 aliphatic rings. The average Bonchev–Trinajstić information content (AvgIpc) is 2.50. The number of hydrogen-bond acceptors (Lipinski definition) is 2. The second-order valence-electron chi connectivity index (χ2n) is 7.06. The van der Waals surface area contributed by atoms with E-state index in [-0.39, 0.29) is 23.4 Å².